The third-order valence-corrected chi connectivity index (χ3v) is 2.00. The van der Waals surface area contributed by atoms with Crippen molar-refractivity contribution in [1.29, 1.82) is 0 Å². The van der Waals surface area contributed by atoms with Crippen LogP contribution >= 0.6 is 0 Å². The molecule has 0 saturated carbocycles. The number of rotatable bonds is 0. The lowest BCUT2D eigenvalue weighted by atomic mass is 10.1. The largest absolute Gasteiger partial charge is 0.277 e. The lowest BCUT2D eigenvalue weighted by Crippen LogP contribution is -2.24. The van der Waals surface area contributed by atoms with Crippen LogP contribution < -0.4 is 11.7 Å². The van der Waals surface area contributed by atoms with Crippen molar-refractivity contribution in [3.05, 3.63) is 35.4 Å². The summed E-state index contributed by atoms with van der Waals surface area (Å²) in [6, 6.07) is 6.84. The van der Waals surface area contributed by atoms with Crippen LogP contribution in [0.15, 0.2) is 24.3 Å². The van der Waals surface area contributed by atoms with E-state index in [0.29, 0.717) is 11.1 Å². The average Bonchev–Trinajstić information content (AvgIpc) is 2.48. The molecule has 1 aliphatic heterocycles. The van der Waals surface area contributed by atoms with E-state index in [1.165, 1.54) is 7.05 Å². The molecule has 74 valence electrons. The molecule has 14 heavy (non-hydrogen) atoms. The van der Waals surface area contributed by atoms with Crippen LogP contribution in [0.4, 0.5) is 0 Å². The monoisotopic (exact) mass is 193 g/mol. The molecule has 0 saturated heterocycles. The minimum Gasteiger partial charge on any atom is -0.277 e. The molecule has 1 aromatic rings. The lowest BCUT2D eigenvalue weighted by Gasteiger charge is -2.02. The smallest absolute Gasteiger partial charge is 0.261 e. The number of hydrazine groups is 1. The quantitative estimate of drug-likeness (QED) is 0.337. The number of amides is 2. The fraction of sp³-hybridized carbons (Fsp3) is 0.111. The Morgan fingerprint density at radius 1 is 1.00 bits per heavy atom. The molecule has 1 aromatic carbocycles. The number of fused-ring (bicyclic) bond motifs is 1. The molecule has 0 bridgehead atoms. The van der Waals surface area contributed by atoms with Crippen LogP contribution in [-0.4, -0.2) is 23.8 Å². The van der Waals surface area contributed by atoms with Crippen molar-refractivity contribution in [2.45, 2.75) is 0 Å². The number of carbonyl (C=O) groups excluding carboxylic acids is 2. The summed E-state index contributed by atoms with van der Waals surface area (Å²) in [5.41, 5.74) is 1.01. The van der Waals surface area contributed by atoms with E-state index in [2.05, 4.69) is 11.7 Å². The normalized spacial score (nSPS) is 13.5. The zero-order valence-electron chi connectivity index (χ0n) is 7.73. The van der Waals surface area contributed by atoms with Gasteiger partial charge >= 0.3 is 0 Å². The van der Waals surface area contributed by atoms with Crippen molar-refractivity contribution in [3.63, 3.8) is 0 Å². The van der Waals surface area contributed by atoms with E-state index in [1.807, 2.05) is 0 Å². The van der Waals surface area contributed by atoms with Gasteiger partial charge < -0.3 is 0 Å². The number of nitrogens with two attached hydrogens (primary N) is 2. The van der Waals surface area contributed by atoms with E-state index in [4.69, 9.17) is 0 Å². The molecule has 0 aliphatic carbocycles. The summed E-state index contributed by atoms with van der Waals surface area (Å²) >= 11 is 0. The molecule has 0 aromatic heterocycles. The van der Waals surface area contributed by atoms with Crippen LogP contribution in [0.2, 0.25) is 0 Å². The first-order valence-electron chi connectivity index (χ1n) is 3.96. The second kappa shape index (κ2) is 3.99. The fourth-order valence-electron chi connectivity index (χ4n) is 1.31. The summed E-state index contributed by atoms with van der Waals surface area (Å²) in [4.78, 5) is 23.8. The Kier molecular flexibility index (Phi) is 2.95. The molecule has 2 rings (SSSR count). The van der Waals surface area contributed by atoms with Gasteiger partial charge in [0, 0.05) is 7.05 Å². The molecule has 0 radical (unpaired) electrons. The van der Waals surface area contributed by atoms with Crippen LogP contribution in [-0.2, 0) is 0 Å². The van der Waals surface area contributed by atoms with Gasteiger partial charge in [0.05, 0.1) is 11.1 Å². The fourth-order valence-corrected chi connectivity index (χ4v) is 1.31. The molecule has 1 heterocycles. The number of hydrogen-bond donors (Lipinski definition) is 2. The van der Waals surface area contributed by atoms with Crippen molar-refractivity contribution >= 4 is 11.8 Å². The highest BCUT2D eigenvalue weighted by atomic mass is 16.2. The van der Waals surface area contributed by atoms with Crippen molar-refractivity contribution in [1.82, 2.24) is 4.90 Å². The molecule has 5 nitrogen and oxygen atoms in total. The van der Waals surface area contributed by atoms with E-state index < -0.39 is 0 Å². The molecule has 4 N–H and O–H groups in total. The minimum absolute atomic E-state index is 0.212. The molecule has 0 spiro atoms. The van der Waals surface area contributed by atoms with Gasteiger partial charge in [0.15, 0.2) is 0 Å². The zero-order valence-corrected chi connectivity index (χ0v) is 7.73. The van der Waals surface area contributed by atoms with Gasteiger partial charge in [-0.25, -0.2) is 0 Å². The number of imide groups is 1. The summed E-state index contributed by atoms with van der Waals surface area (Å²) in [6.07, 6.45) is 0. The van der Waals surface area contributed by atoms with Crippen LogP contribution in [0.1, 0.15) is 20.7 Å². The summed E-state index contributed by atoms with van der Waals surface area (Å²) in [5.74, 6) is 7.58. The summed E-state index contributed by atoms with van der Waals surface area (Å²) < 4.78 is 0. The predicted molar refractivity (Wildman–Crippen MR) is 51.2 cm³/mol. The SMILES string of the molecule is CN1C(=O)c2ccccc2C1=O.NN. The van der Waals surface area contributed by atoms with Crippen molar-refractivity contribution in [3.8, 4) is 0 Å². The van der Waals surface area contributed by atoms with Crippen molar-refractivity contribution < 1.29 is 9.59 Å². The van der Waals surface area contributed by atoms with E-state index in [-0.39, 0.29) is 11.8 Å². The first-order valence-corrected chi connectivity index (χ1v) is 3.96. The average molecular weight is 193 g/mol. The Morgan fingerprint density at radius 2 is 1.36 bits per heavy atom. The summed E-state index contributed by atoms with van der Waals surface area (Å²) in [5, 5.41) is 0. The Bertz CT molecular complexity index is 341. The second-order valence-electron chi connectivity index (χ2n) is 2.71. The van der Waals surface area contributed by atoms with E-state index >= 15 is 0 Å². The summed E-state index contributed by atoms with van der Waals surface area (Å²) in [7, 11) is 1.49. The first kappa shape index (κ1) is 10.4. The van der Waals surface area contributed by atoms with Crippen molar-refractivity contribution in [2.24, 2.45) is 11.7 Å². The van der Waals surface area contributed by atoms with E-state index in [9.17, 15) is 9.59 Å². The molecule has 2 amide bonds. The van der Waals surface area contributed by atoms with Gasteiger partial charge in [0.2, 0.25) is 0 Å². The molecule has 5 heteroatoms. The number of benzene rings is 1. The third kappa shape index (κ3) is 1.39. The molecular weight excluding hydrogens is 182 g/mol. The maximum absolute atomic E-state index is 11.3. The Morgan fingerprint density at radius 3 is 1.71 bits per heavy atom. The van der Waals surface area contributed by atoms with Crippen LogP contribution in [0.25, 0.3) is 0 Å². The Labute approximate surface area is 81.3 Å². The molecule has 1 aliphatic rings. The number of carbonyl (C=O) groups is 2. The topological polar surface area (TPSA) is 89.4 Å². The van der Waals surface area contributed by atoms with Gasteiger partial charge in [0.25, 0.3) is 11.8 Å². The molecule has 0 unspecified atom stereocenters. The van der Waals surface area contributed by atoms with Crippen LogP contribution in [0, 0.1) is 0 Å². The number of hydrogen-bond acceptors (Lipinski definition) is 4. The Hall–Kier alpha value is -1.72. The van der Waals surface area contributed by atoms with Crippen LogP contribution in [0.5, 0.6) is 0 Å². The van der Waals surface area contributed by atoms with Gasteiger partial charge in [-0.3, -0.25) is 26.2 Å². The first-order chi connectivity index (χ1) is 6.72. The van der Waals surface area contributed by atoms with E-state index in [1.54, 1.807) is 24.3 Å². The summed E-state index contributed by atoms with van der Waals surface area (Å²) in [6.45, 7) is 0. The van der Waals surface area contributed by atoms with Crippen molar-refractivity contribution in [2.75, 3.05) is 7.05 Å². The highest BCUT2D eigenvalue weighted by Crippen LogP contribution is 2.20. The van der Waals surface area contributed by atoms with Gasteiger partial charge in [-0.1, -0.05) is 12.1 Å². The van der Waals surface area contributed by atoms with Gasteiger partial charge in [-0.15, -0.1) is 0 Å². The highest BCUT2D eigenvalue weighted by Gasteiger charge is 2.31. The highest BCUT2D eigenvalue weighted by molar-refractivity contribution is 6.21. The van der Waals surface area contributed by atoms with Gasteiger partial charge in [-0.2, -0.15) is 0 Å². The van der Waals surface area contributed by atoms with E-state index in [0.717, 1.165) is 4.90 Å². The lowest BCUT2D eigenvalue weighted by molar-refractivity contribution is 0.0693. The predicted octanol–water partition coefficient (Wildman–Crippen LogP) is -0.269. The zero-order chi connectivity index (χ0) is 10.7. The van der Waals surface area contributed by atoms with Gasteiger partial charge in [0.1, 0.15) is 0 Å². The second-order valence-corrected chi connectivity index (χ2v) is 2.71. The number of nitrogens with zero attached hydrogens (tertiary/aromatic N) is 1. The molecular formula is C9H11N3O2. The van der Waals surface area contributed by atoms with Crippen LogP contribution in [0.3, 0.4) is 0 Å². The standard InChI is InChI=1S/C9H7NO2.H4N2/c1-10-8(11)6-4-2-3-5-7(6)9(10)12;1-2/h2-5H,1H3;1-2H2. The third-order valence-electron chi connectivity index (χ3n) is 2.00. The molecule has 0 fully saturated rings. The maximum atomic E-state index is 11.3. The molecule has 0 atom stereocenters. The minimum atomic E-state index is -0.212. The Balaban J connectivity index is 0.000000461. The van der Waals surface area contributed by atoms with Gasteiger partial charge in [-0.05, 0) is 12.1 Å². The maximum Gasteiger partial charge on any atom is 0.261 e.